The van der Waals surface area contributed by atoms with E-state index in [1.165, 1.54) is 17.7 Å². The van der Waals surface area contributed by atoms with Crippen LogP contribution in [0.1, 0.15) is 35.8 Å². The van der Waals surface area contributed by atoms with Gasteiger partial charge >= 0.3 is 0 Å². The Morgan fingerprint density at radius 1 is 1.39 bits per heavy atom. The van der Waals surface area contributed by atoms with Gasteiger partial charge in [-0.1, -0.05) is 6.07 Å². The van der Waals surface area contributed by atoms with Gasteiger partial charge in [-0.25, -0.2) is 4.99 Å². The van der Waals surface area contributed by atoms with Crippen LogP contribution >= 0.6 is 11.3 Å². The predicted molar refractivity (Wildman–Crippen MR) is 112 cm³/mol. The van der Waals surface area contributed by atoms with E-state index in [2.05, 4.69) is 37.9 Å². The molecule has 8 heteroatoms. The monoisotopic (exact) mass is 402 g/mol. The normalized spacial score (nSPS) is 22.9. The lowest BCUT2D eigenvalue weighted by Crippen LogP contribution is -2.52. The van der Waals surface area contributed by atoms with Crippen molar-refractivity contribution in [3.8, 4) is 0 Å². The van der Waals surface area contributed by atoms with Crippen LogP contribution in [-0.4, -0.2) is 58.0 Å². The number of aryl methyl sites for hydroxylation is 1. The molecule has 4 rings (SSSR count). The third-order valence-electron chi connectivity index (χ3n) is 5.80. The zero-order chi connectivity index (χ0) is 19.3. The summed E-state index contributed by atoms with van der Waals surface area (Å²) in [7, 11) is 1.99. The fraction of sp³-hybridized carbons (Fsp3) is 0.650. The molecule has 0 aromatic carbocycles. The summed E-state index contributed by atoms with van der Waals surface area (Å²) < 4.78 is 7.99. The minimum atomic E-state index is 0.429. The zero-order valence-corrected chi connectivity index (χ0v) is 17.6. The molecule has 2 unspecified atom stereocenters. The molecule has 2 aromatic heterocycles. The number of piperidine rings is 1. The van der Waals surface area contributed by atoms with Crippen LogP contribution in [-0.2, 0) is 24.8 Å². The van der Waals surface area contributed by atoms with Gasteiger partial charge < -0.3 is 19.5 Å². The lowest BCUT2D eigenvalue weighted by Gasteiger charge is -2.42. The van der Waals surface area contributed by atoms with Gasteiger partial charge in [-0.15, -0.1) is 21.5 Å². The number of aromatic nitrogens is 3. The molecule has 2 aromatic rings. The van der Waals surface area contributed by atoms with E-state index < -0.39 is 0 Å². The number of ether oxygens (including phenoxy) is 1. The van der Waals surface area contributed by atoms with Gasteiger partial charge in [-0.05, 0) is 44.1 Å². The molecule has 2 saturated heterocycles. The molecule has 2 aliphatic heterocycles. The van der Waals surface area contributed by atoms with Crippen molar-refractivity contribution in [1.29, 1.82) is 0 Å². The first-order valence-electron chi connectivity index (χ1n) is 10.2. The molecule has 0 bridgehead atoms. The van der Waals surface area contributed by atoms with Crippen molar-refractivity contribution in [3.05, 3.63) is 34.0 Å². The van der Waals surface area contributed by atoms with E-state index >= 15 is 0 Å². The van der Waals surface area contributed by atoms with Gasteiger partial charge in [0.15, 0.2) is 11.8 Å². The highest BCUT2D eigenvalue weighted by molar-refractivity contribution is 7.09. The summed E-state index contributed by atoms with van der Waals surface area (Å²) in [5.74, 6) is 3.41. The highest BCUT2D eigenvalue weighted by Gasteiger charge is 2.33. The first-order chi connectivity index (χ1) is 13.7. The van der Waals surface area contributed by atoms with Crippen molar-refractivity contribution in [2.24, 2.45) is 18.0 Å². The van der Waals surface area contributed by atoms with Crippen molar-refractivity contribution in [2.45, 2.75) is 45.3 Å². The Balaban J connectivity index is 1.43. The van der Waals surface area contributed by atoms with E-state index in [4.69, 9.17) is 9.73 Å². The van der Waals surface area contributed by atoms with Crippen LogP contribution in [0, 0.1) is 12.8 Å². The molecule has 2 fully saturated rings. The topological polar surface area (TPSA) is 67.6 Å². The number of guanidine groups is 1. The molecule has 0 saturated carbocycles. The maximum absolute atomic E-state index is 5.98. The molecular weight excluding hydrogens is 372 g/mol. The van der Waals surface area contributed by atoms with Gasteiger partial charge in [0.25, 0.3) is 0 Å². The fourth-order valence-electron chi connectivity index (χ4n) is 4.03. The lowest BCUT2D eigenvalue weighted by molar-refractivity contribution is -0.0559. The van der Waals surface area contributed by atoms with E-state index in [0.717, 1.165) is 56.7 Å². The SMILES string of the molecule is Cc1nnc(CN=C(NCCc2cccs2)N2CCC3OCCCC3C2)n1C. The number of fused-ring (bicyclic) bond motifs is 1. The quantitative estimate of drug-likeness (QED) is 0.614. The molecule has 0 spiro atoms. The standard InChI is InChI=1S/C20H30N6OS/c1-15-23-24-19(25(15)2)13-22-20(21-9-7-17-6-4-12-28-17)26-10-8-18-16(14-26)5-3-11-27-18/h4,6,12,16,18H,3,5,7-11,13-14H2,1-2H3,(H,21,22). The number of thiophene rings is 1. The number of nitrogens with zero attached hydrogens (tertiary/aromatic N) is 5. The molecule has 2 atom stereocenters. The number of hydrogen-bond acceptors (Lipinski definition) is 5. The van der Waals surface area contributed by atoms with E-state index in [9.17, 15) is 0 Å². The van der Waals surface area contributed by atoms with Crippen molar-refractivity contribution >= 4 is 17.3 Å². The summed E-state index contributed by atoms with van der Waals surface area (Å²) in [6.07, 6.45) is 4.96. The summed E-state index contributed by atoms with van der Waals surface area (Å²) in [6.45, 7) is 6.33. The van der Waals surface area contributed by atoms with Crippen LogP contribution in [0.3, 0.4) is 0 Å². The second-order valence-electron chi connectivity index (χ2n) is 7.66. The first-order valence-corrected chi connectivity index (χ1v) is 11.1. The van der Waals surface area contributed by atoms with Gasteiger partial charge in [-0.2, -0.15) is 0 Å². The Labute approximate surface area is 170 Å². The summed E-state index contributed by atoms with van der Waals surface area (Å²) >= 11 is 1.81. The first kappa shape index (κ1) is 19.4. The third kappa shape index (κ3) is 4.55. The summed E-state index contributed by atoms with van der Waals surface area (Å²) in [5.41, 5.74) is 0. The maximum Gasteiger partial charge on any atom is 0.194 e. The Bertz CT molecular complexity index is 787. The van der Waals surface area contributed by atoms with E-state index in [1.54, 1.807) is 0 Å². The summed E-state index contributed by atoms with van der Waals surface area (Å²) in [6, 6.07) is 4.30. The molecule has 4 heterocycles. The van der Waals surface area contributed by atoms with Gasteiger partial charge in [0.2, 0.25) is 0 Å². The maximum atomic E-state index is 5.98. The minimum absolute atomic E-state index is 0.429. The predicted octanol–water partition coefficient (Wildman–Crippen LogP) is 2.37. The second kappa shape index (κ2) is 9.05. The number of rotatable bonds is 5. The van der Waals surface area contributed by atoms with Gasteiger partial charge in [0.1, 0.15) is 12.4 Å². The van der Waals surface area contributed by atoms with Gasteiger partial charge in [-0.3, -0.25) is 0 Å². The average molecular weight is 403 g/mol. The summed E-state index contributed by atoms with van der Waals surface area (Å²) in [4.78, 5) is 8.73. The Kier molecular flexibility index (Phi) is 6.26. The lowest BCUT2D eigenvalue weighted by atomic mass is 9.88. The number of aliphatic imine (C=N–C) groups is 1. The molecular formula is C20H30N6OS. The van der Waals surface area contributed by atoms with E-state index in [0.29, 0.717) is 18.6 Å². The van der Waals surface area contributed by atoms with Crippen LogP contribution in [0.5, 0.6) is 0 Å². The number of hydrogen-bond donors (Lipinski definition) is 1. The molecule has 1 N–H and O–H groups in total. The third-order valence-corrected chi connectivity index (χ3v) is 6.74. The Morgan fingerprint density at radius 3 is 3.11 bits per heavy atom. The van der Waals surface area contributed by atoms with Crippen molar-refractivity contribution in [3.63, 3.8) is 0 Å². The van der Waals surface area contributed by atoms with Gasteiger partial charge in [0.05, 0.1) is 6.10 Å². The minimum Gasteiger partial charge on any atom is -0.378 e. The highest BCUT2D eigenvalue weighted by atomic mass is 32.1. The van der Waals surface area contributed by atoms with Crippen LogP contribution in [0.4, 0.5) is 0 Å². The second-order valence-corrected chi connectivity index (χ2v) is 8.70. The largest absolute Gasteiger partial charge is 0.378 e. The van der Waals surface area contributed by atoms with Crippen LogP contribution in [0.25, 0.3) is 0 Å². The zero-order valence-electron chi connectivity index (χ0n) is 16.8. The Morgan fingerprint density at radius 2 is 2.32 bits per heavy atom. The van der Waals surface area contributed by atoms with Crippen molar-refractivity contribution in [2.75, 3.05) is 26.2 Å². The smallest absolute Gasteiger partial charge is 0.194 e. The van der Waals surface area contributed by atoms with Gasteiger partial charge in [0, 0.05) is 44.1 Å². The molecule has 0 amide bonds. The van der Waals surface area contributed by atoms with Crippen molar-refractivity contribution < 1.29 is 4.74 Å². The van der Waals surface area contributed by atoms with Crippen LogP contribution in [0.2, 0.25) is 0 Å². The molecule has 152 valence electrons. The molecule has 28 heavy (non-hydrogen) atoms. The van der Waals surface area contributed by atoms with Crippen LogP contribution in [0.15, 0.2) is 22.5 Å². The molecule has 0 aliphatic carbocycles. The molecule has 2 aliphatic rings. The van der Waals surface area contributed by atoms with E-state index in [1.807, 2.05) is 29.9 Å². The Hall–Kier alpha value is -1.93. The van der Waals surface area contributed by atoms with Crippen molar-refractivity contribution in [1.82, 2.24) is 25.0 Å². The number of likely N-dealkylation sites (tertiary alicyclic amines) is 1. The average Bonchev–Trinajstić information content (AvgIpc) is 3.35. The number of nitrogens with one attached hydrogen (secondary N) is 1. The van der Waals surface area contributed by atoms with Crippen LogP contribution < -0.4 is 5.32 Å². The highest BCUT2D eigenvalue weighted by Crippen LogP contribution is 2.28. The van der Waals surface area contributed by atoms with E-state index in [-0.39, 0.29) is 0 Å². The summed E-state index contributed by atoms with van der Waals surface area (Å²) in [5, 5.41) is 14.1. The molecule has 7 nitrogen and oxygen atoms in total. The molecule has 0 radical (unpaired) electrons. The fourth-order valence-corrected chi connectivity index (χ4v) is 4.74.